The molecule has 0 spiro atoms. The first-order valence-electron chi connectivity index (χ1n) is 4.70. The van der Waals surface area contributed by atoms with Gasteiger partial charge >= 0.3 is 0 Å². The summed E-state index contributed by atoms with van der Waals surface area (Å²) in [5.41, 5.74) is 3.64. The molecule has 0 bridgehead atoms. The van der Waals surface area contributed by atoms with Crippen molar-refractivity contribution in [1.29, 1.82) is 0 Å². The van der Waals surface area contributed by atoms with Crippen LogP contribution in [0, 0.1) is 0 Å². The third-order valence-electron chi connectivity index (χ3n) is 2.45. The van der Waals surface area contributed by atoms with Crippen molar-refractivity contribution in [3.05, 3.63) is 33.8 Å². The molecule has 0 saturated heterocycles. The second kappa shape index (κ2) is 4.13. The molecule has 0 N–H and O–H groups in total. The molecule has 0 unspecified atom stereocenters. The summed E-state index contributed by atoms with van der Waals surface area (Å²) in [4.78, 5) is 4.86. The second-order valence-electron chi connectivity index (χ2n) is 3.35. The maximum Gasteiger partial charge on any atom is 0.106 e. The smallest absolute Gasteiger partial charge is 0.106 e. The number of aryl methyl sites for hydroxylation is 1. The number of hydrogen-bond acceptors (Lipinski definition) is 2. The van der Waals surface area contributed by atoms with E-state index in [1.165, 1.54) is 11.1 Å². The van der Waals surface area contributed by atoms with Gasteiger partial charge in [-0.2, -0.15) is 0 Å². The summed E-state index contributed by atoms with van der Waals surface area (Å²) < 4.78 is 1.12. The molecule has 0 saturated carbocycles. The fraction of sp³-hybridized carbons (Fsp3) is 0.364. The third-order valence-corrected chi connectivity index (χ3v) is 3.11. The van der Waals surface area contributed by atoms with E-state index >= 15 is 0 Å². The van der Waals surface area contributed by atoms with Crippen molar-refractivity contribution < 1.29 is 4.84 Å². The van der Waals surface area contributed by atoms with Gasteiger partial charge in [0.25, 0.3) is 0 Å². The molecular formula is C11H12BrNO. The maximum atomic E-state index is 4.86. The Balaban J connectivity index is 2.52. The average molecular weight is 254 g/mol. The van der Waals surface area contributed by atoms with Crippen molar-refractivity contribution in [2.75, 3.05) is 7.11 Å². The van der Waals surface area contributed by atoms with Gasteiger partial charge in [-0.3, -0.25) is 0 Å². The van der Waals surface area contributed by atoms with Gasteiger partial charge < -0.3 is 4.84 Å². The zero-order chi connectivity index (χ0) is 9.97. The summed E-state index contributed by atoms with van der Waals surface area (Å²) in [6.07, 6.45) is 3.30. The second-order valence-corrected chi connectivity index (χ2v) is 4.20. The molecule has 0 radical (unpaired) electrons. The maximum absolute atomic E-state index is 4.86. The lowest BCUT2D eigenvalue weighted by molar-refractivity contribution is 0.212. The standard InChI is InChI=1S/C11H12BrNO/c1-14-13-10-7-3-5-8-4-2-6-9(12)11(8)10/h2,4,6H,3,5,7H2,1H3/b13-10+. The van der Waals surface area contributed by atoms with E-state index in [0.717, 1.165) is 29.4 Å². The SMILES string of the molecule is CO/N=C1\CCCc2cccc(Br)c21. The molecule has 0 amide bonds. The van der Waals surface area contributed by atoms with Gasteiger partial charge in [-0.1, -0.05) is 33.2 Å². The quantitative estimate of drug-likeness (QED) is 0.705. The van der Waals surface area contributed by atoms with Gasteiger partial charge in [0.1, 0.15) is 7.11 Å². The normalized spacial score (nSPS) is 18.0. The van der Waals surface area contributed by atoms with E-state index in [9.17, 15) is 0 Å². The minimum absolute atomic E-state index is 1.00. The van der Waals surface area contributed by atoms with E-state index in [-0.39, 0.29) is 0 Å². The van der Waals surface area contributed by atoms with Gasteiger partial charge in [-0.25, -0.2) is 0 Å². The van der Waals surface area contributed by atoms with Crippen LogP contribution in [0.4, 0.5) is 0 Å². The fourth-order valence-electron chi connectivity index (χ4n) is 1.87. The number of benzene rings is 1. The molecule has 1 aliphatic rings. The molecule has 2 nitrogen and oxygen atoms in total. The van der Waals surface area contributed by atoms with E-state index in [1.54, 1.807) is 7.11 Å². The van der Waals surface area contributed by atoms with Crippen molar-refractivity contribution in [2.24, 2.45) is 5.16 Å². The van der Waals surface area contributed by atoms with E-state index in [0.29, 0.717) is 0 Å². The molecule has 2 rings (SSSR count). The Morgan fingerprint density at radius 2 is 2.21 bits per heavy atom. The van der Waals surface area contributed by atoms with Crippen LogP contribution in [0.1, 0.15) is 24.0 Å². The lowest BCUT2D eigenvalue weighted by atomic mass is 9.90. The number of hydrogen-bond donors (Lipinski definition) is 0. The Morgan fingerprint density at radius 1 is 1.36 bits per heavy atom. The first kappa shape index (κ1) is 9.71. The molecule has 0 atom stereocenters. The van der Waals surface area contributed by atoms with Crippen molar-refractivity contribution >= 4 is 21.6 Å². The van der Waals surface area contributed by atoms with Crippen LogP contribution in [0.5, 0.6) is 0 Å². The van der Waals surface area contributed by atoms with E-state index in [1.807, 2.05) is 0 Å². The summed E-state index contributed by atoms with van der Waals surface area (Å²) in [5, 5.41) is 4.07. The van der Waals surface area contributed by atoms with Crippen LogP contribution < -0.4 is 0 Å². The van der Waals surface area contributed by atoms with Crippen LogP contribution >= 0.6 is 15.9 Å². The summed E-state index contributed by atoms with van der Waals surface area (Å²) in [5.74, 6) is 0. The summed E-state index contributed by atoms with van der Waals surface area (Å²) in [6, 6.07) is 6.28. The minimum atomic E-state index is 1.00. The van der Waals surface area contributed by atoms with Crippen LogP contribution in [-0.2, 0) is 11.3 Å². The third kappa shape index (κ3) is 1.69. The summed E-state index contributed by atoms with van der Waals surface area (Å²) in [6.45, 7) is 0. The molecule has 14 heavy (non-hydrogen) atoms. The average Bonchev–Trinajstić information content (AvgIpc) is 2.19. The minimum Gasteiger partial charge on any atom is -0.399 e. The highest BCUT2D eigenvalue weighted by molar-refractivity contribution is 9.10. The first-order valence-corrected chi connectivity index (χ1v) is 5.50. The highest BCUT2D eigenvalue weighted by Crippen LogP contribution is 2.28. The molecule has 0 aliphatic heterocycles. The summed E-state index contributed by atoms with van der Waals surface area (Å²) in [7, 11) is 1.60. The van der Waals surface area contributed by atoms with Gasteiger partial charge in [0.15, 0.2) is 0 Å². The molecule has 3 heteroatoms. The molecule has 74 valence electrons. The Morgan fingerprint density at radius 3 is 3.00 bits per heavy atom. The van der Waals surface area contributed by atoms with Crippen LogP contribution in [0.2, 0.25) is 0 Å². The van der Waals surface area contributed by atoms with Crippen molar-refractivity contribution in [3.63, 3.8) is 0 Å². The number of rotatable bonds is 1. The van der Waals surface area contributed by atoms with Crippen molar-refractivity contribution in [3.8, 4) is 0 Å². The molecule has 0 fully saturated rings. The zero-order valence-corrected chi connectivity index (χ0v) is 9.67. The lowest BCUT2D eigenvalue weighted by Gasteiger charge is -2.18. The Labute approximate surface area is 92.1 Å². The van der Waals surface area contributed by atoms with E-state index in [4.69, 9.17) is 4.84 Å². The van der Waals surface area contributed by atoms with Gasteiger partial charge in [-0.15, -0.1) is 0 Å². The lowest BCUT2D eigenvalue weighted by Crippen LogP contribution is -2.12. The molecule has 1 aromatic rings. The van der Waals surface area contributed by atoms with E-state index < -0.39 is 0 Å². The molecule has 1 aliphatic carbocycles. The van der Waals surface area contributed by atoms with Crippen LogP contribution in [0.25, 0.3) is 0 Å². The summed E-state index contributed by atoms with van der Waals surface area (Å²) >= 11 is 3.56. The van der Waals surface area contributed by atoms with Gasteiger partial charge in [0, 0.05) is 10.0 Å². The highest BCUT2D eigenvalue weighted by atomic mass is 79.9. The number of nitrogens with zero attached hydrogens (tertiary/aromatic N) is 1. The number of oxime groups is 1. The van der Waals surface area contributed by atoms with Crippen LogP contribution in [0.15, 0.2) is 27.8 Å². The van der Waals surface area contributed by atoms with Gasteiger partial charge in [-0.05, 0) is 30.9 Å². The van der Waals surface area contributed by atoms with Gasteiger partial charge in [0.2, 0.25) is 0 Å². The van der Waals surface area contributed by atoms with Crippen LogP contribution in [-0.4, -0.2) is 12.8 Å². The number of halogens is 1. The fourth-order valence-corrected chi connectivity index (χ4v) is 2.51. The highest BCUT2D eigenvalue weighted by Gasteiger charge is 2.18. The predicted octanol–water partition coefficient (Wildman–Crippen LogP) is 3.14. The zero-order valence-electron chi connectivity index (χ0n) is 8.09. The molecule has 0 aromatic heterocycles. The Kier molecular flexibility index (Phi) is 2.87. The molecular weight excluding hydrogens is 242 g/mol. The van der Waals surface area contributed by atoms with Gasteiger partial charge in [0.05, 0.1) is 5.71 Å². The van der Waals surface area contributed by atoms with E-state index in [2.05, 4.69) is 39.3 Å². The Bertz CT molecular complexity index is 374. The Hall–Kier alpha value is -0.830. The van der Waals surface area contributed by atoms with Crippen molar-refractivity contribution in [1.82, 2.24) is 0 Å². The first-order chi connectivity index (χ1) is 6.83. The molecule has 1 aromatic carbocycles. The largest absolute Gasteiger partial charge is 0.399 e. The number of fused-ring (bicyclic) bond motifs is 1. The van der Waals surface area contributed by atoms with Crippen molar-refractivity contribution in [2.45, 2.75) is 19.3 Å². The molecule has 0 heterocycles. The van der Waals surface area contributed by atoms with Crippen LogP contribution in [0.3, 0.4) is 0 Å². The topological polar surface area (TPSA) is 21.6 Å². The predicted molar refractivity (Wildman–Crippen MR) is 60.6 cm³/mol. The monoisotopic (exact) mass is 253 g/mol.